The largest absolute Gasteiger partial charge is 0.448 e. The lowest BCUT2D eigenvalue weighted by atomic mass is 10.0. The van der Waals surface area contributed by atoms with Crippen molar-refractivity contribution in [2.24, 2.45) is 0 Å². The highest BCUT2D eigenvalue weighted by atomic mass is 35.5. The highest BCUT2D eigenvalue weighted by Gasteiger charge is 2.18. The van der Waals surface area contributed by atoms with E-state index in [0.717, 1.165) is 6.07 Å². The van der Waals surface area contributed by atoms with Crippen LogP contribution in [-0.2, 0) is 0 Å². The first-order chi connectivity index (χ1) is 8.60. The molecule has 0 aliphatic rings. The van der Waals surface area contributed by atoms with Crippen LogP contribution in [0.25, 0.3) is 0 Å². The third-order valence-corrected chi connectivity index (χ3v) is 2.71. The van der Waals surface area contributed by atoms with Crippen LogP contribution in [0.3, 0.4) is 0 Å². The van der Waals surface area contributed by atoms with Crippen LogP contribution < -0.4 is 5.32 Å². The average molecular weight is 272 g/mol. The zero-order valence-electron chi connectivity index (χ0n) is 9.71. The minimum Gasteiger partial charge on any atom is -0.448 e. The molecule has 96 valence electrons. The van der Waals surface area contributed by atoms with Gasteiger partial charge in [0.1, 0.15) is 17.4 Å². The molecule has 0 bridgehead atoms. The van der Waals surface area contributed by atoms with Crippen LogP contribution in [0.2, 0.25) is 5.22 Å². The van der Waals surface area contributed by atoms with Gasteiger partial charge in [0.25, 0.3) is 0 Å². The molecule has 0 aliphatic heterocycles. The molecule has 0 amide bonds. The summed E-state index contributed by atoms with van der Waals surface area (Å²) in [7, 11) is 0. The fraction of sp³-hybridized carbons (Fsp3) is 0.231. The molecule has 0 saturated carbocycles. The number of rotatable bonds is 4. The van der Waals surface area contributed by atoms with Crippen molar-refractivity contribution in [1.82, 2.24) is 5.32 Å². The lowest BCUT2D eigenvalue weighted by molar-refractivity contribution is 0.450. The van der Waals surface area contributed by atoms with Gasteiger partial charge in [0.15, 0.2) is 5.22 Å². The van der Waals surface area contributed by atoms with Crippen LogP contribution in [0.4, 0.5) is 8.78 Å². The standard InChI is InChI=1S/C13H12ClF2NO/c1-2-17-13(11-3-4-12(14)18-11)8-5-9(15)7-10(16)6-8/h3-7,13,17H,2H2,1H3. The average Bonchev–Trinajstić information content (AvgIpc) is 2.71. The Morgan fingerprint density at radius 2 is 1.89 bits per heavy atom. The third kappa shape index (κ3) is 2.89. The SMILES string of the molecule is CCNC(c1cc(F)cc(F)c1)c1ccc(Cl)o1. The molecule has 1 N–H and O–H groups in total. The van der Waals surface area contributed by atoms with Crippen molar-refractivity contribution >= 4 is 11.6 Å². The molecule has 18 heavy (non-hydrogen) atoms. The Kier molecular flexibility index (Phi) is 3.99. The molecule has 1 unspecified atom stereocenters. The Hall–Kier alpha value is -1.39. The van der Waals surface area contributed by atoms with E-state index >= 15 is 0 Å². The van der Waals surface area contributed by atoms with Crippen LogP contribution in [0.15, 0.2) is 34.7 Å². The second-order valence-electron chi connectivity index (χ2n) is 3.84. The molecule has 2 aromatic rings. The fourth-order valence-corrected chi connectivity index (χ4v) is 1.96. The summed E-state index contributed by atoms with van der Waals surface area (Å²) in [5.74, 6) is -0.719. The first-order valence-electron chi connectivity index (χ1n) is 5.54. The van der Waals surface area contributed by atoms with E-state index in [2.05, 4.69) is 5.32 Å². The maximum atomic E-state index is 13.2. The highest BCUT2D eigenvalue weighted by Crippen LogP contribution is 2.26. The topological polar surface area (TPSA) is 25.2 Å². The Morgan fingerprint density at radius 3 is 2.39 bits per heavy atom. The van der Waals surface area contributed by atoms with E-state index in [-0.39, 0.29) is 5.22 Å². The van der Waals surface area contributed by atoms with E-state index in [9.17, 15) is 8.78 Å². The molecule has 0 aliphatic carbocycles. The Balaban J connectivity index is 2.40. The molecular formula is C13H12ClF2NO. The second kappa shape index (κ2) is 5.50. The third-order valence-electron chi connectivity index (χ3n) is 2.50. The van der Waals surface area contributed by atoms with Crippen molar-refractivity contribution in [3.63, 3.8) is 0 Å². The van der Waals surface area contributed by atoms with Gasteiger partial charge in [-0.2, -0.15) is 0 Å². The Bertz CT molecular complexity index is 521. The van der Waals surface area contributed by atoms with Crippen LogP contribution >= 0.6 is 11.6 Å². The molecule has 2 nitrogen and oxygen atoms in total. The monoisotopic (exact) mass is 271 g/mol. The minimum absolute atomic E-state index is 0.241. The fourth-order valence-electron chi connectivity index (χ4n) is 1.81. The summed E-state index contributed by atoms with van der Waals surface area (Å²) in [6.45, 7) is 2.52. The number of benzene rings is 1. The van der Waals surface area contributed by atoms with Gasteiger partial charge in [0.2, 0.25) is 0 Å². The van der Waals surface area contributed by atoms with Crippen LogP contribution in [0.5, 0.6) is 0 Å². The van der Waals surface area contributed by atoms with Gasteiger partial charge in [-0.1, -0.05) is 6.92 Å². The smallest absolute Gasteiger partial charge is 0.193 e. The second-order valence-corrected chi connectivity index (χ2v) is 4.21. The quantitative estimate of drug-likeness (QED) is 0.912. The van der Waals surface area contributed by atoms with E-state index in [1.807, 2.05) is 6.92 Å². The van der Waals surface area contributed by atoms with Crippen LogP contribution in [0, 0.1) is 11.6 Å². The van der Waals surface area contributed by atoms with Gasteiger partial charge in [0, 0.05) is 6.07 Å². The zero-order chi connectivity index (χ0) is 13.1. The van der Waals surface area contributed by atoms with Gasteiger partial charge in [-0.05, 0) is 48.0 Å². The summed E-state index contributed by atoms with van der Waals surface area (Å²) in [4.78, 5) is 0. The van der Waals surface area contributed by atoms with Crippen LogP contribution in [-0.4, -0.2) is 6.54 Å². The van der Waals surface area contributed by atoms with Crippen molar-refractivity contribution in [2.75, 3.05) is 6.54 Å². The normalized spacial score (nSPS) is 12.7. The molecule has 0 spiro atoms. The van der Waals surface area contributed by atoms with E-state index in [4.69, 9.17) is 16.0 Å². The molecule has 0 saturated heterocycles. The predicted molar refractivity (Wildman–Crippen MR) is 65.6 cm³/mol. The first kappa shape index (κ1) is 13.1. The number of hydrogen-bond acceptors (Lipinski definition) is 2. The van der Waals surface area contributed by atoms with Crippen molar-refractivity contribution in [1.29, 1.82) is 0 Å². The molecule has 1 heterocycles. The number of furan rings is 1. The molecule has 1 aromatic carbocycles. The van der Waals surface area contributed by atoms with Crippen molar-refractivity contribution in [3.05, 3.63) is 58.5 Å². The van der Waals surface area contributed by atoms with Gasteiger partial charge >= 0.3 is 0 Å². The molecule has 5 heteroatoms. The molecule has 0 fully saturated rings. The van der Waals surface area contributed by atoms with E-state index in [1.165, 1.54) is 12.1 Å². The summed E-state index contributed by atoms with van der Waals surface area (Å²) >= 11 is 5.71. The van der Waals surface area contributed by atoms with E-state index in [0.29, 0.717) is 17.9 Å². The van der Waals surface area contributed by atoms with Gasteiger partial charge in [-0.15, -0.1) is 0 Å². The molecule has 1 atom stereocenters. The first-order valence-corrected chi connectivity index (χ1v) is 5.92. The number of halogens is 3. The summed E-state index contributed by atoms with van der Waals surface area (Å²) < 4.78 is 31.7. The number of hydrogen-bond donors (Lipinski definition) is 1. The maximum absolute atomic E-state index is 13.2. The van der Waals surface area contributed by atoms with Crippen molar-refractivity contribution < 1.29 is 13.2 Å². The summed E-state index contributed by atoms with van der Waals surface area (Å²) in [5, 5.41) is 3.34. The molecule has 0 radical (unpaired) electrons. The van der Waals surface area contributed by atoms with Gasteiger partial charge in [-0.25, -0.2) is 8.78 Å². The zero-order valence-corrected chi connectivity index (χ0v) is 10.5. The lowest BCUT2D eigenvalue weighted by Crippen LogP contribution is -2.21. The van der Waals surface area contributed by atoms with Gasteiger partial charge in [0.05, 0.1) is 6.04 Å². The van der Waals surface area contributed by atoms with E-state index < -0.39 is 17.7 Å². The summed E-state index contributed by atoms with van der Waals surface area (Å²) in [6.07, 6.45) is 0. The molecule has 2 rings (SSSR count). The minimum atomic E-state index is -0.620. The summed E-state index contributed by atoms with van der Waals surface area (Å²) in [6, 6.07) is 6.23. The van der Waals surface area contributed by atoms with Crippen molar-refractivity contribution in [2.45, 2.75) is 13.0 Å². The molecule has 1 aromatic heterocycles. The Morgan fingerprint density at radius 1 is 1.22 bits per heavy atom. The maximum Gasteiger partial charge on any atom is 0.193 e. The van der Waals surface area contributed by atoms with Gasteiger partial charge < -0.3 is 9.73 Å². The lowest BCUT2D eigenvalue weighted by Gasteiger charge is -2.16. The van der Waals surface area contributed by atoms with Crippen molar-refractivity contribution in [3.8, 4) is 0 Å². The number of nitrogens with one attached hydrogen (secondary N) is 1. The van der Waals surface area contributed by atoms with Gasteiger partial charge in [-0.3, -0.25) is 0 Å². The van der Waals surface area contributed by atoms with Crippen LogP contribution in [0.1, 0.15) is 24.3 Å². The molecular weight excluding hydrogens is 260 g/mol. The highest BCUT2D eigenvalue weighted by molar-refractivity contribution is 6.28. The van der Waals surface area contributed by atoms with E-state index in [1.54, 1.807) is 12.1 Å². The predicted octanol–water partition coefficient (Wildman–Crippen LogP) is 3.91. The summed E-state index contributed by atoms with van der Waals surface area (Å²) in [5.41, 5.74) is 0.459. The Labute approximate surface area is 109 Å².